The SMILES string of the molecule is CCOC(=O)N1CCN(C(=O)CN2CCC(c3nnc(-c4ccc(F)cc4)o3)CC2)CC1. The Morgan fingerprint density at radius 3 is 2.34 bits per heavy atom. The van der Waals surface area contributed by atoms with Gasteiger partial charge in [0.1, 0.15) is 5.82 Å². The molecule has 2 aliphatic heterocycles. The van der Waals surface area contributed by atoms with Crippen LogP contribution in [0.15, 0.2) is 28.7 Å². The van der Waals surface area contributed by atoms with Gasteiger partial charge in [-0.2, -0.15) is 0 Å². The number of piperazine rings is 1. The largest absolute Gasteiger partial charge is 0.450 e. The van der Waals surface area contributed by atoms with E-state index in [0.717, 1.165) is 25.9 Å². The average molecular weight is 445 g/mol. The molecule has 32 heavy (non-hydrogen) atoms. The third kappa shape index (κ3) is 5.24. The lowest BCUT2D eigenvalue weighted by Crippen LogP contribution is -2.53. The topological polar surface area (TPSA) is 92.0 Å². The van der Waals surface area contributed by atoms with E-state index in [1.165, 1.54) is 12.1 Å². The van der Waals surface area contributed by atoms with Gasteiger partial charge in [0.2, 0.25) is 17.7 Å². The van der Waals surface area contributed by atoms with Crippen LogP contribution in [0.2, 0.25) is 0 Å². The van der Waals surface area contributed by atoms with E-state index in [0.29, 0.717) is 56.7 Å². The number of benzene rings is 1. The molecule has 172 valence electrons. The maximum Gasteiger partial charge on any atom is 0.409 e. The molecule has 0 atom stereocenters. The highest BCUT2D eigenvalue weighted by atomic mass is 19.1. The first-order valence-electron chi connectivity index (χ1n) is 11.0. The number of likely N-dealkylation sites (tertiary alicyclic amines) is 1. The molecule has 0 radical (unpaired) electrons. The number of carbonyl (C=O) groups is 2. The molecule has 0 spiro atoms. The van der Waals surface area contributed by atoms with Crippen molar-refractivity contribution in [2.24, 2.45) is 0 Å². The molecule has 2 fully saturated rings. The van der Waals surface area contributed by atoms with Crippen LogP contribution in [-0.2, 0) is 9.53 Å². The summed E-state index contributed by atoms with van der Waals surface area (Å²) in [6.07, 6.45) is 1.34. The fourth-order valence-electron chi connectivity index (χ4n) is 4.09. The van der Waals surface area contributed by atoms with Crippen LogP contribution < -0.4 is 0 Å². The van der Waals surface area contributed by atoms with Gasteiger partial charge >= 0.3 is 6.09 Å². The molecule has 2 amide bonds. The summed E-state index contributed by atoms with van der Waals surface area (Å²) >= 11 is 0. The van der Waals surface area contributed by atoms with Crippen LogP contribution in [0.1, 0.15) is 31.6 Å². The molecule has 1 aromatic carbocycles. The fourth-order valence-corrected chi connectivity index (χ4v) is 4.09. The van der Waals surface area contributed by atoms with Crippen molar-refractivity contribution in [3.63, 3.8) is 0 Å². The van der Waals surface area contributed by atoms with Gasteiger partial charge < -0.3 is 19.0 Å². The van der Waals surface area contributed by atoms with Crippen LogP contribution >= 0.6 is 0 Å². The zero-order valence-electron chi connectivity index (χ0n) is 18.2. The van der Waals surface area contributed by atoms with Gasteiger partial charge in [-0.1, -0.05) is 0 Å². The summed E-state index contributed by atoms with van der Waals surface area (Å²) in [6, 6.07) is 5.97. The van der Waals surface area contributed by atoms with Crippen molar-refractivity contribution in [3.05, 3.63) is 36.0 Å². The number of amides is 2. The molecule has 9 nitrogen and oxygen atoms in total. The first-order chi connectivity index (χ1) is 15.5. The molecule has 2 aromatic rings. The van der Waals surface area contributed by atoms with E-state index in [2.05, 4.69) is 15.1 Å². The van der Waals surface area contributed by atoms with Gasteiger partial charge in [0.15, 0.2) is 0 Å². The second-order valence-electron chi connectivity index (χ2n) is 8.07. The van der Waals surface area contributed by atoms with Crippen LogP contribution in [0.4, 0.5) is 9.18 Å². The molecule has 2 aliphatic rings. The van der Waals surface area contributed by atoms with E-state index >= 15 is 0 Å². The predicted octanol–water partition coefficient (Wildman–Crippen LogP) is 2.36. The van der Waals surface area contributed by atoms with Gasteiger partial charge in [0.05, 0.1) is 13.2 Å². The van der Waals surface area contributed by atoms with Gasteiger partial charge in [-0.05, 0) is 57.1 Å². The fraction of sp³-hybridized carbons (Fsp3) is 0.545. The zero-order valence-corrected chi connectivity index (χ0v) is 18.2. The van der Waals surface area contributed by atoms with Gasteiger partial charge in [0.25, 0.3) is 0 Å². The molecular weight excluding hydrogens is 417 g/mol. The number of nitrogens with zero attached hydrogens (tertiary/aromatic N) is 5. The van der Waals surface area contributed by atoms with E-state index in [1.54, 1.807) is 24.0 Å². The Balaban J connectivity index is 1.23. The third-order valence-corrected chi connectivity index (χ3v) is 5.99. The summed E-state index contributed by atoms with van der Waals surface area (Å²) in [7, 11) is 0. The third-order valence-electron chi connectivity index (χ3n) is 5.99. The minimum absolute atomic E-state index is 0.0864. The number of carbonyl (C=O) groups excluding carboxylic acids is 2. The van der Waals surface area contributed by atoms with E-state index in [9.17, 15) is 14.0 Å². The second-order valence-corrected chi connectivity index (χ2v) is 8.07. The highest BCUT2D eigenvalue weighted by molar-refractivity contribution is 5.78. The molecule has 0 N–H and O–H groups in total. The minimum Gasteiger partial charge on any atom is -0.450 e. The maximum absolute atomic E-state index is 13.1. The van der Waals surface area contributed by atoms with E-state index in [-0.39, 0.29) is 23.7 Å². The summed E-state index contributed by atoms with van der Waals surface area (Å²) in [4.78, 5) is 30.1. The van der Waals surface area contributed by atoms with Crippen LogP contribution in [-0.4, -0.2) is 89.3 Å². The summed E-state index contributed by atoms with van der Waals surface area (Å²) in [5.41, 5.74) is 0.691. The first-order valence-corrected chi connectivity index (χ1v) is 11.0. The summed E-state index contributed by atoms with van der Waals surface area (Å²) in [6.45, 7) is 6.11. The van der Waals surface area contributed by atoms with Crippen LogP contribution in [0.5, 0.6) is 0 Å². The molecule has 1 aromatic heterocycles. The number of ether oxygens (including phenoxy) is 1. The summed E-state index contributed by atoms with van der Waals surface area (Å²) in [5.74, 6) is 0.903. The Bertz CT molecular complexity index is 919. The van der Waals surface area contributed by atoms with E-state index < -0.39 is 0 Å². The lowest BCUT2D eigenvalue weighted by Gasteiger charge is -2.36. The molecule has 0 aliphatic carbocycles. The highest BCUT2D eigenvalue weighted by Gasteiger charge is 2.29. The molecule has 0 saturated carbocycles. The smallest absolute Gasteiger partial charge is 0.409 e. The van der Waals surface area contributed by atoms with E-state index in [1.807, 2.05) is 4.90 Å². The number of hydrogen-bond donors (Lipinski definition) is 0. The van der Waals surface area contributed by atoms with Crippen molar-refractivity contribution in [3.8, 4) is 11.5 Å². The van der Waals surface area contributed by atoms with Crippen LogP contribution in [0.25, 0.3) is 11.5 Å². The number of rotatable bonds is 5. The van der Waals surface area contributed by atoms with Crippen LogP contribution in [0, 0.1) is 5.82 Å². The molecule has 0 unspecified atom stereocenters. The molecular formula is C22H28FN5O4. The lowest BCUT2D eigenvalue weighted by atomic mass is 9.97. The Hall–Kier alpha value is -3.01. The van der Waals surface area contributed by atoms with Crippen molar-refractivity contribution in [2.45, 2.75) is 25.7 Å². The number of aromatic nitrogens is 2. The molecule has 4 rings (SSSR count). The van der Waals surface area contributed by atoms with Crippen molar-refractivity contribution >= 4 is 12.0 Å². The number of piperidine rings is 1. The predicted molar refractivity (Wildman–Crippen MR) is 113 cm³/mol. The van der Waals surface area contributed by atoms with Gasteiger partial charge in [-0.25, -0.2) is 9.18 Å². The van der Waals surface area contributed by atoms with Crippen molar-refractivity contribution in [1.82, 2.24) is 24.9 Å². The highest BCUT2D eigenvalue weighted by Crippen LogP contribution is 2.29. The van der Waals surface area contributed by atoms with Gasteiger partial charge in [-0.3, -0.25) is 9.69 Å². The van der Waals surface area contributed by atoms with Crippen molar-refractivity contribution in [2.75, 3.05) is 52.4 Å². The maximum atomic E-state index is 13.1. The Morgan fingerprint density at radius 1 is 1.03 bits per heavy atom. The zero-order chi connectivity index (χ0) is 22.5. The van der Waals surface area contributed by atoms with Gasteiger partial charge in [0, 0.05) is 37.7 Å². The molecule has 2 saturated heterocycles. The number of hydrogen-bond acceptors (Lipinski definition) is 7. The average Bonchev–Trinajstić information content (AvgIpc) is 3.30. The van der Waals surface area contributed by atoms with E-state index in [4.69, 9.17) is 9.15 Å². The molecule has 3 heterocycles. The van der Waals surface area contributed by atoms with Gasteiger partial charge in [-0.15, -0.1) is 10.2 Å². The minimum atomic E-state index is -0.315. The normalized spacial score (nSPS) is 18.1. The summed E-state index contributed by atoms with van der Waals surface area (Å²) < 4.78 is 23.9. The molecule has 10 heteroatoms. The second kappa shape index (κ2) is 10.1. The lowest BCUT2D eigenvalue weighted by molar-refractivity contribution is -0.134. The standard InChI is InChI=1S/C22H28FN5O4/c1-2-31-22(30)28-13-11-27(12-14-28)19(29)15-26-9-7-17(8-10-26)21-25-24-20(32-21)16-3-5-18(23)6-4-16/h3-6,17H,2,7-15H2,1H3. The Kier molecular flexibility index (Phi) is 6.99. The van der Waals surface area contributed by atoms with Crippen LogP contribution in [0.3, 0.4) is 0 Å². The summed E-state index contributed by atoms with van der Waals surface area (Å²) in [5, 5.41) is 8.29. The number of halogens is 1. The Morgan fingerprint density at radius 2 is 1.69 bits per heavy atom. The molecule has 0 bridgehead atoms. The van der Waals surface area contributed by atoms with Crippen molar-refractivity contribution in [1.29, 1.82) is 0 Å². The first kappa shape index (κ1) is 22.2. The quantitative estimate of drug-likeness (QED) is 0.698. The van der Waals surface area contributed by atoms with Crippen molar-refractivity contribution < 1.29 is 23.1 Å². The Labute approximate surface area is 186 Å². The monoisotopic (exact) mass is 445 g/mol.